The second-order valence-corrected chi connectivity index (χ2v) is 5.09. The number of hydrogen-bond acceptors (Lipinski definition) is 2. The summed E-state index contributed by atoms with van der Waals surface area (Å²) in [5.74, 6) is -0.0552. The molecule has 0 aromatic heterocycles. The SMILES string of the molecule is Cc1cc(C(CC(=O)O)C2CC2)cc(N)c1C. The molecule has 1 unspecified atom stereocenters. The number of carboxylic acid groups (broad SMARTS) is 1. The molecule has 3 nitrogen and oxygen atoms in total. The number of rotatable bonds is 4. The highest BCUT2D eigenvalue weighted by Crippen LogP contribution is 2.45. The van der Waals surface area contributed by atoms with Gasteiger partial charge in [0.25, 0.3) is 0 Å². The number of aryl methyl sites for hydroxylation is 1. The average Bonchev–Trinajstić information content (AvgIpc) is 3.05. The van der Waals surface area contributed by atoms with Crippen molar-refractivity contribution in [3.8, 4) is 0 Å². The van der Waals surface area contributed by atoms with Crippen LogP contribution in [0.1, 0.15) is 41.9 Å². The molecule has 0 saturated heterocycles. The Hall–Kier alpha value is -1.51. The van der Waals surface area contributed by atoms with Gasteiger partial charge in [-0.2, -0.15) is 0 Å². The van der Waals surface area contributed by atoms with Crippen LogP contribution in [0, 0.1) is 19.8 Å². The van der Waals surface area contributed by atoms with E-state index in [0.29, 0.717) is 5.92 Å². The summed E-state index contributed by atoms with van der Waals surface area (Å²) in [7, 11) is 0. The number of benzene rings is 1. The van der Waals surface area contributed by atoms with Crippen molar-refractivity contribution in [2.24, 2.45) is 5.92 Å². The molecule has 0 aliphatic heterocycles. The van der Waals surface area contributed by atoms with Crippen molar-refractivity contribution in [3.05, 3.63) is 28.8 Å². The molecular formula is C14H19NO2. The summed E-state index contributed by atoms with van der Waals surface area (Å²) >= 11 is 0. The van der Waals surface area contributed by atoms with Gasteiger partial charge >= 0.3 is 5.97 Å². The first-order valence-corrected chi connectivity index (χ1v) is 6.07. The Bertz CT molecular complexity index is 427. The zero-order valence-corrected chi connectivity index (χ0v) is 10.4. The van der Waals surface area contributed by atoms with Gasteiger partial charge in [0, 0.05) is 5.69 Å². The zero-order valence-electron chi connectivity index (χ0n) is 10.4. The lowest BCUT2D eigenvalue weighted by Crippen LogP contribution is -2.09. The molecule has 3 heteroatoms. The third-order valence-electron chi connectivity index (χ3n) is 3.74. The normalized spacial score (nSPS) is 16.8. The fourth-order valence-corrected chi connectivity index (χ4v) is 2.37. The summed E-state index contributed by atoms with van der Waals surface area (Å²) in [5, 5.41) is 8.98. The molecule has 1 aliphatic rings. The predicted molar refractivity (Wildman–Crippen MR) is 68.0 cm³/mol. The lowest BCUT2D eigenvalue weighted by molar-refractivity contribution is -0.137. The predicted octanol–water partition coefficient (Wildman–Crippen LogP) is 2.85. The first kappa shape index (κ1) is 12.0. The molecule has 1 atom stereocenters. The first-order valence-electron chi connectivity index (χ1n) is 6.07. The largest absolute Gasteiger partial charge is 0.481 e. The minimum Gasteiger partial charge on any atom is -0.481 e. The molecule has 0 radical (unpaired) electrons. The van der Waals surface area contributed by atoms with Gasteiger partial charge in [0.1, 0.15) is 0 Å². The summed E-state index contributed by atoms with van der Waals surface area (Å²) in [5.41, 5.74) is 10.1. The molecule has 1 aromatic rings. The number of hydrogen-bond donors (Lipinski definition) is 2. The van der Waals surface area contributed by atoms with Crippen LogP contribution in [0.2, 0.25) is 0 Å². The van der Waals surface area contributed by atoms with Gasteiger partial charge in [-0.15, -0.1) is 0 Å². The van der Waals surface area contributed by atoms with Crippen LogP contribution in [0.5, 0.6) is 0 Å². The van der Waals surface area contributed by atoms with Gasteiger partial charge in [-0.05, 0) is 61.3 Å². The van der Waals surface area contributed by atoms with E-state index >= 15 is 0 Å². The summed E-state index contributed by atoms with van der Waals surface area (Å²) < 4.78 is 0. The maximum Gasteiger partial charge on any atom is 0.303 e. The Morgan fingerprint density at radius 1 is 1.47 bits per heavy atom. The van der Waals surface area contributed by atoms with Crippen LogP contribution < -0.4 is 5.73 Å². The highest BCUT2D eigenvalue weighted by molar-refractivity contribution is 5.68. The van der Waals surface area contributed by atoms with Gasteiger partial charge in [0.15, 0.2) is 0 Å². The van der Waals surface area contributed by atoms with E-state index in [1.807, 2.05) is 19.9 Å². The number of nitrogens with two attached hydrogens (primary N) is 1. The van der Waals surface area contributed by atoms with Crippen molar-refractivity contribution in [3.63, 3.8) is 0 Å². The molecule has 92 valence electrons. The van der Waals surface area contributed by atoms with Crippen LogP contribution in [0.15, 0.2) is 12.1 Å². The Kier molecular flexibility index (Phi) is 3.09. The quantitative estimate of drug-likeness (QED) is 0.786. The molecule has 0 amide bonds. The van der Waals surface area contributed by atoms with Crippen molar-refractivity contribution < 1.29 is 9.90 Å². The summed E-state index contributed by atoms with van der Waals surface area (Å²) in [4.78, 5) is 10.9. The molecule has 2 rings (SSSR count). The number of aliphatic carboxylic acids is 1. The van der Waals surface area contributed by atoms with E-state index in [-0.39, 0.29) is 12.3 Å². The van der Waals surface area contributed by atoms with Gasteiger partial charge in [-0.25, -0.2) is 0 Å². The third-order valence-corrected chi connectivity index (χ3v) is 3.74. The number of nitrogen functional groups attached to an aromatic ring is 1. The van der Waals surface area contributed by atoms with Gasteiger partial charge in [-0.1, -0.05) is 6.07 Å². The highest BCUT2D eigenvalue weighted by atomic mass is 16.4. The van der Waals surface area contributed by atoms with Crippen LogP contribution in [-0.2, 0) is 4.79 Å². The van der Waals surface area contributed by atoms with E-state index in [0.717, 1.165) is 35.2 Å². The van der Waals surface area contributed by atoms with E-state index in [9.17, 15) is 4.79 Å². The monoisotopic (exact) mass is 233 g/mol. The lowest BCUT2D eigenvalue weighted by atomic mass is 9.88. The second kappa shape index (κ2) is 4.40. The van der Waals surface area contributed by atoms with Gasteiger partial charge in [0.2, 0.25) is 0 Å². The van der Waals surface area contributed by atoms with Crippen LogP contribution in [0.3, 0.4) is 0 Å². The summed E-state index contributed by atoms with van der Waals surface area (Å²) in [6.45, 7) is 4.03. The van der Waals surface area contributed by atoms with E-state index in [4.69, 9.17) is 10.8 Å². The van der Waals surface area contributed by atoms with Crippen molar-refractivity contribution in [1.29, 1.82) is 0 Å². The zero-order chi connectivity index (χ0) is 12.6. The number of anilines is 1. The Morgan fingerprint density at radius 2 is 2.12 bits per heavy atom. The molecule has 1 aromatic carbocycles. The summed E-state index contributed by atoms with van der Waals surface area (Å²) in [6, 6.07) is 4.05. The van der Waals surface area contributed by atoms with Crippen molar-refractivity contribution >= 4 is 11.7 Å². The Balaban J connectivity index is 2.32. The van der Waals surface area contributed by atoms with E-state index < -0.39 is 5.97 Å². The highest BCUT2D eigenvalue weighted by Gasteiger charge is 2.34. The van der Waals surface area contributed by atoms with Crippen LogP contribution in [-0.4, -0.2) is 11.1 Å². The van der Waals surface area contributed by atoms with Gasteiger partial charge in [0.05, 0.1) is 6.42 Å². The Morgan fingerprint density at radius 3 is 2.59 bits per heavy atom. The first-order chi connectivity index (χ1) is 7.99. The van der Waals surface area contributed by atoms with Crippen molar-refractivity contribution in [1.82, 2.24) is 0 Å². The van der Waals surface area contributed by atoms with E-state index in [2.05, 4.69) is 6.07 Å². The van der Waals surface area contributed by atoms with E-state index in [1.54, 1.807) is 0 Å². The third kappa shape index (κ3) is 2.60. The maximum absolute atomic E-state index is 10.9. The molecular weight excluding hydrogens is 214 g/mol. The van der Waals surface area contributed by atoms with Crippen molar-refractivity contribution in [2.75, 3.05) is 5.73 Å². The molecule has 1 saturated carbocycles. The second-order valence-electron chi connectivity index (χ2n) is 5.09. The standard InChI is InChI=1S/C14H19NO2/c1-8-5-11(6-13(15)9(8)2)12(7-14(16)17)10-3-4-10/h5-6,10,12H,3-4,7,15H2,1-2H3,(H,16,17). The fraction of sp³-hybridized carbons (Fsp3) is 0.500. The van der Waals surface area contributed by atoms with Crippen LogP contribution >= 0.6 is 0 Å². The van der Waals surface area contributed by atoms with Gasteiger partial charge in [-0.3, -0.25) is 4.79 Å². The summed E-state index contributed by atoms with van der Waals surface area (Å²) in [6.07, 6.45) is 2.50. The number of carbonyl (C=O) groups is 1. The average molecular weight is 233 g/mol. The molecule has 0 bridgehead atoms. The molecule has 17 heavy (non-hydrogen) atoms. The van der Waals surface area contributed by atoms with Gasteiger partial charge < -0.3 is 10.8 Å². The van der Waals surface area contributed by atoms with Crippen LogP contribution in [0.25, 0.3) is 0 Å². The Labute approximate surface area is 102 Å². The van der Waals surface area contributed by atoms with Crippen molar-refractivity contribution in [2.45, 2.75) is 39.0 Å². The minimum atomic E-state index is -0.723. The molecule has 3 N–H and O–H groups in total. The fourth-order valence-electron chi connectivity index (χ4n) is 2.37. The number of carboxylic acids is 1. The maximum atomic E-state index is 10.9. The molecule has 0 spiro atoms. The van der Waals surface area contributed by atoms with Crippen LogP contribution in [0.4, 0.5) is 5.69 Å². The lowest BCUT2D eigenvalue weighted by Gasteiger charge is -2.17. The van der Waals surface area contributed by atoms with E-state index in [1.165, 1.54) is 0 Å². The smallest absolute Gasteiger partial charge is 0.303 e. The molecule has 1 aliphatic carbocycles. The molecule has 1 fully saturated rings. The minimum absolute atomic E-state index is 0.133. The molecule has 0 heterocycles. The topological polar surface area (TPSA) is 63.3 Å².